The van der Waals surface area contributed by atoms with Crippen molar-refractivity contribution in [2.45, 2.75) is 32.2 Å². The molecule has 0 saturated heterocycles. The molecule has 0 aliphatic carbocycles. The molecule has 1 amide bonds. The molecule has 1 atom stereocenters. The van der Waals surface area contributed by atoms with Crippen LogP contribution in [0.25, 0.3) is 0 Å². The van der Waals surface area contributed by atoms with Gasteiger partial charge in [0.1, 0.15) is 5.82 Å². The topological polar surface area (TPSA) is 55.1 Å². The molecule has 1 rings (SSSR count). The Bertz CT molecular complexity index is 412. The van der Waals surface area contributed by atoms with Crippen LogP contribution in [0.15, 0.2) is 22.7 Å². The van der Waals surface area contributed by atoms with Gasteiger partial charge in [0.25, 0.3) is 5.91 Å². The summed E-state index contributed by atoms with van der Waals surface area (Å²) in [4.78, 5) is 12.0. The van der Waals surface area contributed by atoms with Crippen molar-refractivity contribution in [3.8, 4) is 0 Å². The Balaban J connectivity index is 2.72. The summed E-state index contributed by atoms with van der Waals surface area (Å²) in [5.41, 5.74) is 5.90. The average molecular weight is 317 g/mol. The molecule has 3 N–H and O–H groups in total. The molecule has 1 aromatic rings. The number of amides is 1. The molecule has 18 heavy (non-hydrogen) atoms. The second-order valence-corrected chi connectivity index (χ2v) is 4.94. The average Bonchev–Trinajstić information content (AvgIpc) is 2.37. The Morgan fingerprint density at radius 1 is 1.56 bits per heavy atom. The SMILES string of the molecule is CCCCC(CN)NC(=O)c1cccc(F)c1Br. The zero-order chi connectivity index (χ0) is 13.5. The lowest BCUT2D eigenvalue weighted by atomic mass is 10.1. The standard InChI is InChI=1S/C13H18BrFN2O/c1-2-3-5-9(8-16)17-13(18)10-6-4-7-11(15)12(10)14/h4,6-7,9H,2-3,5,8,16H2,1H3,(H,17,18). The minimum atomic E-state index is -0.444. The smallest absolute Gasteiger partial charge is 0.252 e. The van der Waals surface area contributed by atoms with Crippen molar-refractivity contribution in [3.05, 3.63) is 34.1 Å². The molecule has 0 bridgehead atoms. The van der Waals surface area contributed by atoms with Crippen molar-refractivity contribution in [1.82, 2.24) is 5.32 Å². The van der Waals surface area contributed by atoms with Gasteiger partial charge in [0.05, 0.1) is 10.0 Å². The summed E-state index contributed by atoms with van der Waals surface area (Å²) in [6.07, 6.45) is 2.90. The van der Waals surface area contributed by atoms with E-state index in [1.54, 1.807) is 6.07 Å². The van der Waals surface area contributed by atoms with Crippen molar-refractivity contribution in [2.24, 2.45) is 5.73 Å². The maximum atomic E-state index is 13.3. The summed E-state index contributed by atoms with van der Waals surface area (Å²) in [5, 5.41) is 2.83. The summed E-state index contributed by atoms with van der Waals surface area (Å²) in [6.45, 7) is 2.47. The Kier molecular flexibility index (Phi) is 6.29. The van der Waals surface area contributed by atoms with E-state index >= 15 is 0 Å². The molecule has 5 heteroatoms. The zero-order valence-corrected chi connectivity index (χ0v) is 12.0. The fourth-order valence-electron chi connectivity index (χ4n) is 1.64. The molecule has 0 heterocycles. The van der Waals surface area contributed by atoms with E-state index in [1.165, 1.54) is 12.1 Å². The van der Waals surface area contributed by atoms with E-state index < -0.39 is 5.82 Å². The quantitative estimate of drug-likeness (QED) is 0.848. The lowest BCUT2D eigenvalue weighted by Gasteiger charge is -2.17. The van der Waals surface area contributed by atoms with Gasteiger partial charge in [-0.1, -0.05) is 25.8 Å². The Morgan fingerprint density at radius 3 is 2.89 bits per heavy atom. The molecule has 0 spiro atoms. The van der Waals surface area contributed by atoms with E-state index in [-0.39, 0.29) is 16.4 Å². The summed E-state index contributed by atoms with van der Waals surface area (Å²) >= 11 is 3.08. The van der Waals surface area contributed by atoms with E-state index in [4.69, 9.17) is 5.73 Å². The van der Waals surface area contributed by atoms with E-state index in [1.807, 2.05) is 0 Å². The number of hydrogen-bond acceptors (Lipinski definition) is 2. The van der Waals surface area contributed by atoms with Gasteiger partial charge >= 0.3 is 0 Å². The molecule has 0 saturated carbocycles. The van der Waals surface area contributed by atoms with Crippen LogP contribution >= 0.6 is 15.9 Å². The minimum Gasteiger partial charge on any atom is -0.348 e. The van der Waals surface area contributed by atoms with Crippen LogP contribution in [-0.4, -0.2) is 18.5 Å². The first-order chi connectivity index (χ1) is 8.60. The highest BCUT2D eigenvalue weighted by Gasteiger charge is 2.16. The molecule has 0 aliphatic heterocycles. The zero-order valence-electron chi connectivity index (χ0n) is 10.4. The Morgan fingerprint density at radius 2 is 2.28 bits per heavy atom. The van der Waals surface area contributed by atoms with E-state index in [2.05, 4.69) is 28.2 Å². The van der Waals surface area contributed by atoms with E-state index in [9.17, 15) is 9.18 Å². The number of rotatable bonds is 6. The number of hydrogen-bond donors (Lipinski definition) is 2. The third-order valence-corrected chi connectivity index (χ3v) is 3.53. The first-order valence-electron chi connectivity index (χ1n) is 6.05. The fourth-order valence-corrected chi connectivity index (χ4v) is 2.09. The number of nitrogens with one attached hydrogen (secondary N) is 1. The van der Waals surface area contributed by atoms with Gasteiger partial charge in [-0.15, -0.1) is 0 Å². The van der Waals surface area contributed by atoms with Gasteiger partial charge in [0.15, 0.2) is 0 Å². The summed E-state index contributed by atoms with van der Waals surface area (Å²) in [6, 6.07) is 4.33. The van der Waals surface area contributed by atoms with Crippen LogP contribution in [0.3, 0.4) is 0 Å². The molecule has 3 nitrogen and oxygen atoms in total. The van der Waals surface area contributed by atoms with Gasteiger partial charge in [0, 0.05) is 12.6 Å². The van der Waals surface area contributed by atoms with E-state index in [0.717, 1.165) is 19.3 Å². The molecule has 0 aliphatic rings. The van der Waals surface area contributed by atoms with Crippen molar-refractivity contribution in [1.29, 1.82) is 0 Å². The lowest BCUT2D eigenvalue weighted by Crippen LogP contribution is -2.40. The fraction of sp³-hybridized carbons (Fsp3) is 0.462. The van der Waals surface area contributed by atoms with Crippen molar-refractivity contribution in [2.75, 3.05) is 6.54 Å². The van der Waals surface area contributed by atoms with Crippen LogP contribution < -0.4 is 11.1 Å². The molecular formula is C13H18BrFN2O. The molecule has 0 fully saturated rings. The minimum absolute atomic E-state index is 0.0624. The van der Waals surface area contributed by atoms with Crippen LogP contribution in [0.1, 0.15) is 36.5 Å². The second kappa shape index (κ2) is 7.48. The number of unbranched alkanes of at least 4 members (excludes halogenated alkanes) is 1. The number of nitrogens with two attached hydrogens (primary N) is 1. The Hall–Kier alpha value is -0.940. The predicted molar refractivity (Wildman–Crippen MR) is 73.9 cm³/mol. The second-order valence-electron chi connectivity index (χ2n) is 4.15. The monoisotopic (exact) mass is 316 g/mol. The molecule has 1 aromatic carbocycles. The largest absolute Gasteiger partial charge is 0.348 e. The summed E-state index contributed by atoms with van der Waals surface area (Å²) < 4.78 is 13.5. The highest BCUT2D eigenvalue weighted by molar-refractivity contribution is 9.10. The highest BCUT2D eigenvalue weighted by atomic mass is 79.9. The number of carbonyl (C=O) groups excluding carboxylic acids is 1. The normalized spacial score (nSPS) is 12.2. The third kappa shape index (κ3) is 4.07. The van der Waals surface area contributed by atoms with Gasteiger partial charge in [-0.2, -0.15) is 0 Å². The maximum absolute atomic E-state index is 13.3. The van der Waals surface area contributed by atoms with Gasteiger partial charge in [-0.25, -0.2) is 4.39 Å². The van der Waals surface area contributed by atoms with Crippen LogP contribution in [0, 0.1) is 5.82 Å². The lowest BCUT2D eigenvalue weighted by molar-refractivity contribution is 0.0934. The number of carbonyl (C=O) groups is 1. The van der Waals surface area contributed by atoms with Crippen LogP contribution in [0.4, 0.5) is 4.39 Å². The predicted octanol–water partition coefficient (Wildman–Crippen LogP) is 2.84. The first-order valence-corrected chi connectivity index (χ1v) is 6.84. The van der Waals surface area contributed by atoms with Gasteiger partial charge < -0.3 is 11.1 Å². The highest BCUT2D eigenvalue weighted by Crippen LogP contribution is 2.20. The van der Waals surface area contributed by atoms with Gasteiger partial charge in [-0.3, -0.25) is 4.79 Å². The molecule has 1 unspecified atom stereocenters. The summed E-state index contributed by atoms with van der Waals surface area (Å²) in [7, 11) is 0. The van der Waals surface area contributed by atoms with Crippen LogP contribution in [0.2, 0.25) is 0 Å². The third-order valence-electron chi connectivity index (χ3n) is 2.72. The maximum Gasteiger partial charge on any atom is 0.252 e. The van der Waals surface area contributed by atoms with Crippen LogP contribution in [0.5, 0.6) is 0 Å². The molecular weight excluding hydrogens is 299 g/mol. The number of halogens is 2. The van der Waals surface area contributed by atoms with Crippen LogP contribution in [-0.2, 0) is 0 Å². The van der Waals surface area contributed by atoms with E-state index in [0.29, 0.717) is 12.1 Å². The summed E-state index contributed by atoms with van der Waals surface area (Å²) in [5.74, 6) is -0.742. The van der Waals surface area contributed by atoms with Crippen molar-refractivity contribution in [3.63, 3.8) is 0 Å². The molecule has 100 valence electrons. The van der Waals surface area contributed by atoms with Crippen molar-refractivity contribution >= 4 is 21.8 Å². The van der Waals surface area contributed by atoms with Crippen molar-refractivity contribution < 1.29 is 9.18 Å². The van der Waals surface area contributed by atoms with Gasteiger partial charge in [0.2, 0.25) is 0 Å². The molecule has 0 aromatic heterocycles. The number of benzene rings is 1. The van der Waals surface area contributed by atoms with Gasteiger partial charge in [-0.05, 0) is 34.5 Å². The molecule has 0 radical (unpaired) electrons. The first kappa shape index (κ1) is 15.1. The Labute approximate surface area is 115 Å².